The van der Waals surface area contributed by atoms with E-state index in [-0.39, 0.29) is 17.8 Å². The number of fused-ring (bicyclic) bond motifs is 2. The quantitative estimate of drug-likeness (QED) is 0.744. The molecule has 0 saturated carbocycles. The van der Waals surface area contributed by atoms with Crippen molar-refractivity contribution in [1.29, 1.82) is 5.26 Å². The first-order valence-electron chi connectivity index (χ1n) is 8.83. The zero-order valence-electron chi connectivity index (χ0n) is 16.0. The topological polar surface area (TPSA) is 111 Å². The predicted molar refractivity (Wildman–Crippen MR) is 99.2 cm³/mol. The summed E-state index contributed by atoms with van der Waals surface area (Å²) in [6.45, 7) is 6.08. The fraction of sp³-hybridized carbons (Fsp3) is 0.350. The number of nitriles is 1. The number of benzene rings is 1. The van der Waals surface area contributed by atoms with E-state index in [2.05, 4.69) is 0 Å². The molecule has 0 saturated heterocycles. The number of hydrogen-bond donors (Lipinski definition) is 0. The maximum absolute atomic E-state index is 13.2. The lowest BCUT2D eigenvalue weighted by molar-refractivity contribution is -0.145. The molecular weight excluding hydrogens is 362 g/mol. The molecule has 0 spiro atoms. The molecule has 0 radical (unpaired) electrons. The summed E-state index contributed by atoms with van der Waals surface area (Å²) in [5.74, 6) is -1.55. The molecule has 1 heterocycles. The highest BCUT2D eigenvalue weighted by atomic mass is 16.5. The fourth-order valence-corrected chi connectivity index (χ4v) is 3.82. The molecule has 8 nitrogen and oxygen atoms in total. The maximum atomic E-state index is 13.2. The lowest BCUT2D eigenvalue weighted by atomic mass is 9.78. The molecule has 1 aromatic heterocycles. The molecule has 2 aromatic rings. The summed E-state index contributed by atoms with van der Waals surface area (Å²) in [6, 6.07) is 5.20. The molecule has 8 heteroatoms. The Bertz CT molecular complexity index is 1180. The van der Waals surface area contributed by atoms with Crippen LogP contribution in [0.3, 0.4) is 0 Å². The van der Waals surface area contributed by atoms with Gasteiger partial charge in [0.2, 0.25) is 5.78 Å². The van der Waals surface area contributed by atoms with Gasteiger partial charge in [0.15, 0.2) is 6.73 Å². The van der Waals surface area contributed by atoms with E-state index in [1.165, 1.54) is 17.6 Å². The van der Waals surface area contributed by atoms with E-state index < -0.39 is 35.7 Å². The van der Waals surface area contributed by atoms with Crippen molar-refractivity contribution in [1.82, 2.24) is 9.13 Å². The third-order valence-electron chi connectivity index (χ3n) is 5.02. The fourth-order valence-electron chi connectivity index (χ4n) is 3.82. The highest BCUT2D eigenvalue weighted by Gasteiger charge is 2.36. The van der Waals surface area contributed by atoms with Gasteiger partial charge < -0.3 is 4.74 Å². The maximum Gasteiger partial charge on any atom is 0.334 e. The molecule has 1 aromatic carbocycles. The van der Waals surface area contributed by atoms with Crippen LogP contribution in [0.5, 0.6) is 0 Å². The summed E-state index contributed by atoms with van der Waals surface area (Å²) >= 11 is 0. The van der Waals surface area contributed by atoms with Crippen LogP contribution in [0.4, 0.5) is 0 Å². The third-order valence-corrected chi connectivity index (χ3v) is 5.02. The second-order valence-electron chi connectivity index (χ2n) is 6.70. The molecule has 0 aliphatic heterocycles. The van der Waals surface area contributed by atoms with Crippen molar-refractivity contribution in [2.45, 2.75) is 46.9 Å². The number of nitrogens with zero attached hydrogens (tertiary/aromatic N) is 3. The highest BCUT2D eigenvalue weighted by molar-refractivity contribution is 6.12. The molecule has 0 bridgehead atoms. The minimum Gasteiger partial charge on any atom is -0.444 e. The van der Waals surface area contributed by atoms with E-state index in [4.69, 9.17) is 4.74 Å². The Hall–Kier alpha value is -3.47. The van der Waals surface area contributed by atoms with Gasteiger partial charge in [-0.15, -0.1) is 0 Å². The van der Waals surface area contributed by atoms with Gasteiger partial charge in [0.25, 0.3) is 5.56 Å². The Morgan fingerprint density at radius 2 is 1.89 bits per heavy atom. The van der Waals surface area contributed by atoms with Crippen LogP contribution < -0.4 is 11.2 Å². The van der Waals surface area contributed by atoms with Gasteiger partial charge in [-0.05, 0) is 37.1 Å². The smallest absolute Gasteiger partial charge is 0.334 e. The van der Waals surface area contributed by atoms with Crippen LogP contribution >= 0.6 is 0 Å². The van der Waals surface area contributed by atoms with Crippen LogP contribution in [0, 0.1) is 18.3 Å². The van der Waals surface area contributed by atoms with E-state index in [1.807, 2.05) is 6.07 Å². The monoisotopic (exact) mass is 381 g/mol. The lowest BCUT2D eigenvalue weighted by Crippen LogP contribution is -2.47. The average molecular weight is 381 g/mol. The number of rotatable bonds is 3. The Kier molecular flexibility index (Phi) is 4.77. The van der Waals surface area contributed by atoms with Crippen molar-refractivity contribution >= 4 is 11.8 Å². The van der Waals surface area contributed by atoms with Gasteiger partial charge in [-0.1, -0.05) is 6.92 Å². The second-order valence-corrected chi connectivity index (χ2v) is 6.70. The molecule has 1 unspecified atom stereocenters. The molecule has 0 fully saturated rings. The Labute approximate surface area is 160 Å². The number of aromatic nitrogens is 2. The van der Waals surface area contributed by atoms with Crippen LogP contribution in [-0.2, 0) is 22.8 Å². The molecule has 3 rings (SSSR count). The Morgan fingerprint density at radius 3 is 2.46 bits per heavy atom. The second kappa shape index (κ2) is 6.93. The molecular formula is C20H19N3O5. The molecule has 0 N–H and O–H groups in total. The minimum atomic E-state index is -0.718. The number of hydrogen-bond acceptors (Lipinski definition) is 6. The lowest BCUT2D eigenvalue weighted by Gasteiger charge is -2.28. The first-order valence-corrected chi connectivity index (χ1v) is 8.83. The normalized spacial score (nSPS) is 14.8. The summed E-state index contributed by atoms with van der Waals surface area (Å²) in [5.41, 5.74) is 0.912. The van der Waals surface area contributed by atoms with Crippen molar-refractivity contribution in [2.75, 3.05) is 0 Å². The average Bonchev–Trinajstić information content (AvgIpc) is 2.64. The van der Waals surface area contributed by atoms with Crippen molar-refractivity contribution in [3.05, 3.63) is 66.5 Å². The van der Waals surface area contributed by atoms with Gasteiger partial charge in [-0.3, -0.25) is 19.0 Å². The summed E-state index contributed by atoms with van der Waals surface area (Å²) in [4.78, 5) is 50.2. The first kappa shape index (κ1) is 19.3. The van der Waals surface area contributed by atoms with Crippen molar-refractivity contribution in [3.63, 3.8) is 0 Å². The number of ketones is 1. The molecule has 1 aliphatic rings. The van der Waals surface area contributed by atoms with E-state index in [0.717, 1.165) is 10.1 Å². The Balaban J connectivity index is 2.37. The largest absolute Gasteiger partial charge is 0.444 e. The van der Waals surface area contributed by atoms with Crippen molar-refractivity contribution in [3.8, 4) is 6.07 Å². The number of carbonyl (C=O) groups is 2. The first-order chi connectivity index (χ1) is 13.2. The zero-order chi connectivity index (χ0) is 20.7. The highest BCUT2D eigenvalue weighted by Crippen LogP contribution is 2.36. The van der Waals surface area contributed by atoms with Gasteiger partial charge in [0.1, 0.15) is 5.69 Å². The number of esters is 1. The molecule has 1 aliphatic carbocycles. The van der Waals surface area contributed by atoms with Crippen LogP contribution in [0.1, 0.15) is 65.0 Å². The zero-order valence-corrected chi connectivity index (χ0v) is 16.0. The van der Waals surface area contributed by atoms with Crippen molar-refractivity contribution in [2.24, 2.45) is 0 Å². The number of carbonyl (C=O) groups excluding carboxylic acids is 2. The molecule has 0 amide bonds. The summed E-state index contributed by atoms with van der Waals surface area (Å²) in [5, 5.41) is 9.23. The van der Waals surface area contributed by atoms with Crippen LogP contribution in [0.25, 0.3) is 0 Å². The Morgan fingerprint density at radius 1 is 1.21 bits per heavy atom. The van der Waals surface area contributed by atoms with Gasteiger partial charge in [0, 0.05) is 24.9 Å². The van der Waals surface area contributed by atoms with Gasteiger partial charge >= 0.3 is 11.7 Å². The van der Waals surface area contributed by atoms with Crippen LogP contribution in [0.2, 0.25) is 0 Å². The molecule has 1 atom stereocenters. The minimum absolute atomic E-state index is 0.0334. The van der Waals surface area contributed by atoms with Crippen molar-refractivity contribution < 1.29 is 14.3 Å². The van der Waals surface area contributed by atoms with E-state index in [0.29, 0.717) is 16.7 Å². The third kappa shape index (κ3) is 2.76. The standard InChI is InChI=1S/C20H19N3O5/c1-5-22-17-16(19(26)23(20(22)27)9-28-12(4)24)11(3)15-10(2)6-13(8-21)7-14(15)18(17)25/h6-7,11H,5,9H2,1-4H3. The SMILES string of the molecule is CCn1c2c(c(=O)n(COC(C)=O)c1=O)C(C)c1c(C)cc(C#N)cc1C2=O. The van der Waals surface area contributed by atoms with Gasteiger partial charge in [-0.2, -0.15) is 5.26 Å². The summed E-state index contributed by atoms with van der Waals surface area (Å²) in [6.07, 6.45) is 0. The van der Waals surface area contributed by atoms with Gasteiger partial charge in [0.05, 0.1) is 17.2 Å². The van der Waals surface area contributed by atoms with E-state index in [9.17, 15) is 24.4 Å². The summed E-state index contributed by atoms with van der Waals surface area (Å²) in [7, 11) is 0. The van der Waals surface area contributed by atoms with Crippen LogP contribution in [0.15, 0.2) is 21.7 Å². The summed E-state index contributed by atoms with van der Waals surface area (Å²) < 4.78 is 6.90. The number of ether oxygens (including phenoxy) is 1. The van der Waals surface area contributed by atoms with E-state index in [1.54, 1.807) is 26.8 Å². The molecule has 144 valence electrons. The van der Waals surface area contributed by atoms with Gasteiger partial charge in [-0.25, -0.2) is 9.36 Å². The number of aryl methyl sites for hydroxylation is 1. The predicted octanol–water partition coefficient (Wildman–Crippen LogP) is 1.43. The molecule has 28 heavy (non-hydrogen) atoms. The van der Waals surface area contributed by atoms with E-state index >= 15 is 0 Å². The van der Waals surface area contributed by atoms with Crippen LogP contribution in [-0.4, -0.2) is 20.9 Å².